The van der Waals surface area contributed by atoms with Crippen molar-refractivity contribution in [2.45, 2.75) is 45.4 Å². The number of rotatable bonds is 4. The van der Waals surface area contributed by atoms with Crippen LogP contribution >= 0.6 is 0 Å². The van der Waals surface area contributed by atoms with Crippen molar-refractivity contribution >= 4 is 5.91 Å². The summed E-state index contributed by atoms with van der Waals surface area (Å²) in [5, 5.41) is 6.37. The normalized spacial score (nSPS) is 18.4. The molecule has 1 atom stereocenters. The number of fused-ring (bicyclic) bond motifs is 1. The van der Waals surface area contributed by atoms with Crippen LogP contribution < -0.4 is 10.6 Å². The van der Waals surface area contributed by atoms with Gasteiger partial charge in [0.2, 0.25) is 5.91 Å². The quantitative estimate of drug-likeness (QED) is 0.886. The highest BCUT2D eigenvalue weighted by Crippen LogP contribution is 2.24. The molecule has 0 spiro atoms. The number of hydrogen-bond donors (Lipinski definition) is 2. The van der Waals surface area contributed by atoms with Gasteiger partial charge < -0.3 is 15.4 Å². The number of carbonyl (C=O) groups excluding carboxylic acids is 1. The largest absolute Gasteiger partial charge is 0.375 e. The molecule has 0 fully saturated rings. The Morgan fingerprint density at radius 1 is 1.35 bits per heavy atom. The molecule has 1 aliphatic rings. The lowest BCUT2D eigenvalue weighted by molar-refractivity contribution is -0.122. The smallest absolute Gasteiger partial charge is 0.221 e. The molecule has 1 heterocycles. The van der Waals surface area contributed by atoms with E-state index in [4.69, 9.17) is 4.74 Å². The summed E-state index contributed by atoms with van der Waals surface area (Å²) in [6, 6.07) is 8.48. The van der Waals surface area contributed by atoms with Crippen LogP contribution in [-0.2, 0) is 16.1 Å². The van der Waals surface area contributed by atoms with Crippen molar-refractivity contribution in [2.24, 2.45) is 0 Å². The van der Waals surface area contributed by atoms with Crippen molar-refractivity contribution in [1.82, 2.24) is 10.6 Å². The predicted octanol–water partition coefficient (Wildman–Crippen LogP) is 2.15. The average molecular weight is 276 g/mol. The lowest BCUT2D eigenvalue weighted by Gasteiger charge is -2.27. The van der Waals surface area contributed by atoms with Gasteiger partial charge >= 0.3 is 0 Å². The first-order valence-corrected chi connectivity index (χ1v) is 7.16. The summed E-state index contributed by atoms with van der Waals surface area (Å²) in [6.45, 7) is 7.97. The maximum absolute atomic E-state index is 11.8. The minimum atomic E-state index is -0.169. The third-order valence-corrected chi connectivity index (χ3v) is 3.23. The monoisotopic (exact) mass is 276 g/mol. The molecule has 110 valence electrons. The van der Waals surface area contributed by atoms with Gasteiger partial charge in [0, 0.05) is 18.5 Å². The first-order chi connectivity index (χ1) is 9.46. The average Bonchev–Trinajstić information content (AvgIpc) is 2.37. The molecule has 4 nitrogen and oxygen atoms in total. The van der Waals surface area contributed by atoms with E-state index in [1.165, 1.54) is 11.1 Å². The van der Waals surface area contributed by atoms with Crippen LogP contribution in [0.3, 0.4) is 0 Å². The Morgan fingerprint density at radius 3 is 2.85 bits per heavy atom. The summed E-state index contributed by atoms with van der Waals surface area (Å²) in [6.07, 6.45) is 0.482. The fourth-order valence-electron chi connectivity index (χ4n) is 2.39. The molecule has 1 aromatic carbocycles. The molecule has 0 aliphatic carbocycles. The van der Waals surface area contributed by atoms with Crippen LogP contribution in [0, 0.1) is 0 Å². The van der Waals surface area contributed by atoms with Gasteiger partial charge in [-0.1, -0.05) is 24.3 Å². The van der Waals surface area contributed by atoms with Crippen LogP contribution in [0.5, 0.6) is 0 Å². The van der Waals surface area contributed by atoms with Crippen LogP contribution in [0.2, 0.25) is 0 Å². The van der Waals surface area contributed by atoms with Crippen molar-refractivity contribution < 1.29 is 9.53 Å². The molecule has 2 rings (SSSR count). The molecule has 0 radical (unpaired) electrons. The van der Waals surface area contributed by atoms with E-state index < -0.39 is 0 Å². The second-order valence-corrected chi connectivity index (χ2v) is 6.27. The molecule has 0 saturated heterocycles. The number of hydrogen-bond acceptors (Lipinski definition) is 3. The molecule has 1 unspecified atom stereocenters. The first-order valence-electron chi connectivity index (χ1n) is 7.16. The maximum Gasteiger partial charge on any atom is 0.221 e. The van der Waals surface area contributed by atoms with Crippen molar-refractivity contribution in [3.05, 3.63) is 35.4 Å². The van der Waals surface area contributed by atoms with Gasteiger partial charge in [-0.25, -0.2) is 0 Å². The van der Waals surface area contributed by atoms with Gasteiger partial charge in [-0.15, -0.1) is 0 Å². The van der Waals surface area contributed by atoms with Gasteiger partial charge in [-0.3, -0.25) is 4.79 Å². The predicted molar refractivity (Wildman–Crippen MR) is 79.4 cm³/mol. The molecule has 0 saturated carbocycles. The lowest BCUT2D eigenvalue weighted by atomic mass is 9.99. The van der Waals surface area contributed by atoms with Crippen molar-refractivity contribution in [3.8, 4) is 0 Å². The fraction of sp³-hybridized carbons (Fsp3) is 0.562. The van der Waals surface area contributed by atoms with E-state index in [-0.39, 0.29) is 17.5 Å². The molecule has 4 heteroatoms. The highest BCUT2D eigenvalue weighted by atomic mass is 16.5. The Morgan fingerprint density at radius 2 is 2.10 bits per heavy atom. The summed E-state index contributed by atoms with van der Waals surface area (Å²) in [5.74, 6) is 0.0787. The van der Waals surface area contributed by atoms with Crippen LogP contribution in [-0.4, -0.2) is 24.6 Å². The minimum Gasteiger partial charge on any atom is -0.375 e. The fourth-order valence-corrected chi connectivity index (χ4v) is 2.39. The van der Waals surface area contributed by atoms with Gasteiger partial charge in [0.25, 0.3) is 0 Å². The third-order valence-electron chi connectivity index (χ3n) is 3.23. The molecule has 20 heavy (non-hydrogen) atoms. The van der Waals surface area contributed by atoms with Gasteiger partial charge in [0.05, 0.1) is 19.3 Å². The lowest BCUT2D eigenvalue weighted by Crippen LogP contribution is -2.42. The van der Waals surface area contributed by atoms with E-state index in [2.05, 4.69) is 22.8 Å². The second kappa shape index (κ2) is 6.37. The number of benzene rings is 1. The minimum absolute atomic E-state index is 0.0787. The highest BCUT2D eigenvalue weighted by Gasteiger charge is 2.20. The zero-order valence-corrected chi connectivity index (χ0v) is 12.5. The summed E-state index contributed by atoms with van der Waals surface area (Å²) >= 11 is 0. The van der Waals surface area contributed by atoms with Gasteiger partial charge in [0.1, 0.15) is 0 Å². The van der Waals surface area contributed by atoms with Crippen molar-refractivity contribution in [3.63, 3.8) is 0 Å². The molecule has 0 aromatic heterocycles. The zero-order chi connectivity index (χ0) is 14.6. The summed E-state index contributed by atoms with van der Waals surface area (Å²) < 4.78 is 5.58. The standard InChI is InChI=1S/C16H24N2O2/c1-16(2,3)18-15(19)8-9-17-14-11-20-10-12-6-4-5-7-13(12)14/h4-7,14,17H,8-11H2,1-3H3,(H,18,19). The number of nitrogens with one attached hydrogen (secondary N) is 2. The van der Waals surface area contributed by atoms with Crippen LogP contribution in [0.1, 0.15) is 44.4 Å². The van der Waals surface area contributed by atoms with Gasteiger partial charge in [0.15, 0.2) is 0 Å². The Balaban J connectivity index is 1.82. The number of amides is 1. The molecule has 0 bridgehead atoms. The summed E-state index contributed by atoms with van der Waals surface area (Å²) in [7, 11) is 0. The van der Waals surface area contributed by atoms with E-state index in [1.807, 2.05) is 32.9 Å². The Bertz CT molecular complexity index is 466. The second-order valence-electron chi connectivity index (χ2n) is 6.27. The Labute approximate surface area is 120 Å². The SMILES string of the molecule is CC(C)(C)NC(=O)CCNC1COCc2ccccc21. The van der Waals surface area contributed by atoms with E-state index >= 15 is 0 Å². The first kappa shape index (κ1) is 15.0. The third kappa shape index (κ3) is 4.32. The summed E-state index contributed by atoms with van der Waals surface area (Å²) in [4.78, 5) is 11.8. The molecule has 2 N–H and O–H groups in total. The van der Waals surface area contributed by atoms with Crippen LogP contribution in [0.25, 0.3) is 0 Å². The Hall–Kier alpha value is -1.39. The van der Waals surface area contributed by atoms with Gasteiger partial charge in [-0.05, 0) is 31.9 Å². The molecule has 1 amide bonds. The topological polar surface area (TPSA) is 50.4 Å². The molecular formula is C16H24N2O2. The zero-order valence-electron chi connectivity index (χ0n) is 12.5. The van der Waals surface area contributed by atoms with Gasteiger partial charge in [-0.2, -0.15) is 0 Å². The van der Waals surface area contributed by atoms with E-state index in [0.717, 1.165) is 0 Å². The van der Waals surface area contributed by atoms with Crippen LogP contribution in [0.4, 0.5) is 0 Å². The molecule has 1 aromatic rings. The van der Waals surface area contributed by atoms with E-state index in [1.54, 1.807) is 0 Å². The van der Waals surface area contributed by atoms with E-state index in [0.29, 0.717) is 26.2 Å². The number of carbonyl (C=O) groups is 1. The van der Waals surface area contributed by atoms with Crippen molar-refractivity contribution in [1.29, 1.82) is 0 Å². The van der Waals surface area contributed by atoms with Crippen LogP contribution in [0.15, 0.2) is 24.3 Å². The van der Waals surface area contributed by atoms with E-state index in [9.17, 15) is 4.79 Å². The molecular weight excluding hydrogens is 252 g/mol. The maximum atomic E-state index is 11.8. The highest BCUT2D eigenvalue weighted by molar-refractivity contribution is 5.76. The summed E-state index contributed by atoms with van der Waals surface area (Å²) in [5.41, 5.74) is 2.35. The van der Waals surface area contributed by atoms with Crippen molar-refractivity contribution in [2.75, 3.05) is 13.2 Å². The number of ether oxygens (including phenoxy) is 1. The molecule has 1 aliphatic heterocycles. The Kier molecular flexibility index (Phi) is 4.78.